The fourth-order valence-corrected chi connectivity index (χ4v) is 1.78. The number of rotatable bonds is 3. The van der Waals surface area contributed by atoms with Gasteiger partial charge in [-0.05, 0) is 32.0 Å². The lowest BCUT2D eigenvalue weighted by Crippen LogP contribution is -2.20. The molecule has 0 saturated heterocycles. The van der Waals surface area contributed by atoms with Crippen molar-refractivity contribution >= 4 is 23.2 Å². The number of aromatic nitrogens is 1. The first-order chi connectivity index (χ1) is 6.66. The van der Waals surface area contributed by atoms with Gasteiger partial charge in [0.2, 0.25) is 0 Å². The minimum Gasteiger partial charge on any atom is -0.298 e. The summed E-state index contributed by atoms with van der Waals surface area (Å²) in [6, 6.07) is 4.23. The zero-order valence-corrected chi connectivity index (χ0v) is 9.52. The van der Waals surface area contributed by atoms with Gasteiger partial charge in [-0.25, -0.2) is 4.98 Å². The van der Waals surface area contributed by atoms with Gasteiger partial charge >= 0.3 is 0 Å². The second-order valence-corrected chi connectivity index (χ2v) is 4.50. The molecule has 0 atom stereocenters. The summed E-state index contributed by atoms with van der Waals surface area (Å²) in [5.41, 5.74) is 0.869. The average molecular weight is 231 g/mol. The zero-order valence-electron chi connectivity index (χ0n) is 8.00. The topological polar surface area (TPSA) is 16.1 Å². The highest BCUT2D eigenvalue weighted by Gasteiger charge is 2.26. The SMILES string of the molecule is CN(Cc1nc(Cl)ccc1Cl)C1CC1. The normalized spacial score (nSPS) is 16.3. The molecule has 2 rings (SSSR count). The molecule has 1 aromatic rings. The molecule has 4 heteroatoms. The Bertz CT molecular complexity index is 337. The Morgan fingerprint density at radius 3 is 2.79 bits per heavy atom. The molecular formula is C10H12Cl2N2. The molecular weight excluding hydrogens is 219 g/mol. The quantitative estimate of drug-likeness (QED) is 0.743. The minimum atomic E-state index is 0.508. The highest BCUT2D eigenvalue weighted by Crippen LogP contribution is 2.28. The molecule has 0 bridgehead atoms. The average Bonchev–Trinajstić information content (AvgIpc) is 2.94. The Hall–Kier alpha value is -0.310. The molecule has 2 nitrogen and oxygen atoms in total. The summed E-state index contributed by atoms with van der Waals surface area (Å²) >= 11 is 11.8. The molecule has 0 aliphatic heterocycles. The van der Waals surface area contributed by atoms with Gasteiger partial charge in [0.05, 0.1) is 10.7 Å². The van der Waals surface area contributed by atoms with Crippen molar-refractivity contribution in [2.24, 2.45) is 0 Å². The Balaban J connectivity index is 2.10. The third kappa shape index (κ3) is 2.38. The second kappa shape index (κ2) is 4.05. The summed E-state index contributed by atoms with van der Waals surface area (Å²) in [4.78, 5) is 6.48. The van der Waals surface area contributed by atoms with Crippen LogP contribution in [0.5, 0.6) is 0 Å². The molecule has 1 aromatic heterocycles. The first-order valence-corrected chi connectivity index (χ1v) is 5.43. The van der Waals surface area contributed by atoms with Crippen LogP contribution in [-0.4, -0.2) is 23.0 Å². The summed E-state index contributed by atoms with van der Waals surface area (Å²) in [5.74, 6) is 0. The Kier molecular flexibility index (Phi) is 2.96. The fourth-order valence-electron chi connectivity index (χ4n) is 1.45. The lowest BCUT2D eigenvalue weighted by Gasteiger charge is -2.15. The van der Waals surface area contributed by atoms with Crippen molar-refractivity contribution in [3.63, 3.8) is 0 Å². The van der Waals surface area contributed by atoms with Crippen LogP contribution in [0.25, 0.3) is 0 Å². The third-order valence-electron chi connectivity index (χ3n) is 2.45. The molecule has 0 spiro atoms. The summed E-state index contributed by atoms with van der Waals surface area (Å²) in [5, 5.41) is 1.20. The number of nitrogens with zero attached hydrogens (tertiary/aromatic N) is 2. The lowest BCUT2D eigenvalue weighted by molar-refractivity contribution is 0.312. The van der Waals surface area contributed by atoms with Crippen LogP contribution in [0.2, 0.25) is 10.2 Å². The van der Waals surface area contributed by atoms with E-state index in [1.165, 1.54) is 12.8 Å². The van der Waals surface area contributed by atoms with Crippen molar-refractivity contribution in [1.29, 1.82) is 0 Å². The van der Waals surface area contributed by atoms with E-state index in [4.69, 9.17) is 23.2 Å². The van der Waals surface area contributed by atoms with Gasteiger partial charge < -0.3 is 0 Å². The molecule has 0 N–H and O–H groups in total. The second-order valence-electron chi connectivity index (χ2n) is 3.71. The van der Waals surface area contributed by atoms with Gasteiger partial charge in [0.25, 0.3) is 0 Å². The Morgan fingerprint density at radius 2 is 2.14 bits per heavy atom. The maximum Gasteiger partial charge on any atom is 0.129 e. The standard InChI is InChI=1S/C10H12Cl2N2/c1-14(7-2-3-7)6-9-8(11)4-5-10(12)13-9/h4-5,7H,2-3,6H2,1H3. The summed E-state index contributed by atoms with van der Waals surface area (Å²) in [7, 11) is 2.09. The Morgan fingerprint density at radius 1 is 1.43 bits per heavy atom. The van der Waals surface area contributed by atoms with Gasteiger partial charge in [-0.3, -0.25) is 4.90 Å². The van der Waals surface area contributed by atoms with Gasteiger partial charge in [-0.15, -0.1) is 0 Å². The van der Waals surface area contributed by atoms with Gasteiger partial charge in [-0.1, -0.05) is 23.2 Å². The molecule has 0 aromatic carbocycles. The molecule has 1 aliphatic carbocycles. The van der Waals surface area contributed by atoms with Crippen LogP contribution in [0.1, 0.15) is 18.5 Å². The molecule has 76 valence electrons. The molecule has 1 fully saturated rings. The highest BCUT2D eigenvalue weighted by atomic mass is 35.5. The van der Waals surface area contributed by atoms with E-state index in [-0.39, 0.29) is 0 Å². The molecule has 0 amide bonds. The Labute approximate surface area is 93.8 Å². The van der Waals surface area contributed by atoms with Crippen molar-refractivity contribution in [3.8, 4) is 0 Å². The third-order valence-corrected chi connectivity index (χ3v) is 3.01. The number of halogens is 2. The van der Waals surface area contributed by atoms with Crippen molar-refractivity contribution in [3.05, 3.63) is 28.0 Å². The maximum absolute atomic E-state index is 6.02. The minimum absolute atomic E-state index is 0.508. The monoisotopic (exact) mass is 230 g/mol. The highest BCUT2D eigenvalue weighted by molar-refractivity contribution is 6.32. The van der Waals surface area contributed by atoms with Crippen LogP contribution in [0.4, 0.5) is 0 Å². The largest absolute Gasteiger partial charge is 0.298 e. The first kappa shape index (κ1) is 10.2. The predicted molar refractivity (Wildman–Crippen MR) is 58.7 cm³/mol. The van der Waals surface area contributed by atoms with Crippen LogP contribution in [0.3, 0.4) is 0 Å². The molecule has 1 heterocycles. The van der Waals surface area contributed by atoms with E-state index in [1.807, 2.05) is 0 Å². The summed E-state index contributed by atoms with van der Waals surface area (Å²) in [6.45, 7) is 0.782. The van der Waals surface area contributed by atoms with Gasteiger partial charge in [0.1, 0.15) is 5.15 Å². The van der Waals surface area contributed by atoms with Crippen LogP contribution in [0.15, 0.2) is 12.1 Å². The number of hydrogen-bond donors (Lipinski definition) is 0. The van der Waals surface area contributed by atoms with E-state index < -0.39 is 0 Å². The van der Waals surface area contributed by atoms with Crippen LogP contribution in [-0.2, 0) is 6.54 Å². The maximum atomic E-state index is 6.02. The predicted octanol–water partition coefficient (Wildman–Crippen LogP) is 2.98. The molecule has 0 radical (unpaired) electrons. The van der Waals surface area contributed by atoms with E-state index in [1.54, 1.807) is 12.1 Å². The van der Waals surface area contributed by atoms with Crippen molar-refractivity contribution in [1.82, 2.24) is 9.88 Å². The fraction of sp³-hybridized carbons (Fsp3) is 0.500. The van der Waals surface area contributed by atoms with Crippen molar-refractivity contribution in [2.75, 3.05) is 7.05 Å². The molecule has 1 saturated carbocycles. The summed E-state index contributed by atoms with van der Waals surface area (Å²) in [6.07, 6.45) is 2.57. The van der Waals surface area contributed by atoms with Crippen molar-refractivity contribution in [2.45, 2.75) is 25.4 Å². The number of hydrogen-bond acceptors (Lipinski definition) is 2. The number of pyridine rings is 1. The molecule has 14 heavy (non-hydrogen) atoms. The van der Waals surface area contributed by atoms with E-state index in [9.17, 15) is 0 Å². The van der Waals surface area contributed by atoms with Crippen molar-refractivity contribution < 1.29 is 0 Å². The van der Waals surface area contributed by atoms with Crippen LogP contribution < -0.4 is 0 Å². The lowest BCUT2D eigenvalue weighted by atomic mass is 10.3. The van der Waals surface area contributed by atoms with E-state index in [2.05, 4.69) is 16.9 Å². The van der Waals surface area contributed by atoms with Gasteiger partial charge in [0.15, 0.2) is 0 Å². The summed E-state index contributed by atoms with van der Waals surface area (Å²) < 4.78 is 0. The van der Waals surface area contributed by atoms with E-state index >= 15 is 0 Å². The van der Waals surface area contributed by atoms with Crippen LogP contribution >= 0.6 is 23.2 Å². The van der Waals surface area contributed by atoms with Gasteiger partial charge in [0, 0.05) is 12.6 Å². The first-order valence-electron chi connectivity index (χ1n) is 4.68. The van der Waals surface area contributed by atoms with Crippen LogP contribution in [0, 0.1) is 0 Å². The van der Waals surface area contributed by atoms with E-state index in [0.717, 1.165) is 12.2 Å². The zero-order chi connectivity index (χ0) is 10.1. The van der Waals surface area contributed by atoms with E-state index in [0.29, 0.717) is 16.2 Å². The van der Waals surface area contributed by atoms with Gasteiger partial charge in [-0.2, -0.15) is 0 Å². The molecule has 1 aliphatic rings. The molecule has 0 unspecified atom stereocenters. The smallest absolute Gasteiger partial charge is 0.129 e.